The van der Waals surface area contributed by atoms with E-state index in [2.05, 4.69) is 25.1 Å². The maximum absolute atomic E-state index is 13.7. The highest BCUT2D eigenvalue weighted by Crippen LogP contribution is 2.43. The molecule has 0 bridgehead atoms. The van der Waals surface area contributed by atoms with E-state index in [1.807, 2.05) is 44.2 Å². The van der Waals surface area contributed by atoms with Gasteiger partial charge in [-0.05, 0) is 44.4 Å². The second-order valence-electron chi connectivity index (χ2n) is 8.30. The van der Waals surface area contributed by atoms with Crippen LogP contribution in [-0.2, 0) is 10.2 Å². The van der Waals surface area contributed by atoms with E-state index in [4.69, 9.17) is 11.6 Å². The highest BCUT2D eigenvalue weighted by molar-refractivity contribution is 6.30. The van der Waals surface area contributed by atoms with E-state index in [1.54, 1.807) is 0 Å². The summed E-state index contributed by atoms with van der Waals surface area (Å²) in [4.78, 5) is 27.1. The second-order valence-corrected chi connectivity index (χ2v) is 8.73. The van der Waals surface area contributed by atoms with Crippen LogP contribution in [0.5, 0.6) is 0 Å². The number of nitrogens with zero attached hydrogens (tertiary/aromatic N) is 4. The molecule has 0 unspecified atom stereocenters. The fourth-order valence-electron chi connectivity index (χ4n) is 4.77. The number of carbonyl (C=O) groups is 1. The van der Waals surface area contributed by atoms with Gasteiger partial charge in [-0.15, -0.1) is 0 Å². The van der Waals surface area contributed by atoms with E-state index in [0.717, 1.165) is 62.4 Å². The Kier molecular flexibility index (Phi) is 6.14. The van der Waals surface area contributed by atoms with E-state index in [1.165, 1.54) is 0 Å². The fourth-order valence-corrected chi connectivity index (χ4v) is 4.89. The van der Waals surface area contributed by atoms with Gasteiger partial charge in [0.2, 0.25) is 11.9 Å². The van der Waals surface area contributed by atoms with Crippen LogP contribution >= 0.6 is 11.6 Å². The van der Waals surface area contributed by atoms with Crippen LogP contribution < -0.4 is 10.2 Å². The zero-order valence-corrected chi connectivity index (χ0v) is 18.6. The van der Waals surface area contributed by atoms with Crippen molar-refractivity contribution in [3.05, 3.63) is 46.6 Å². The molecule has 6 nitrogen and oxygen atoms in total. The Morgan fingerprint density at radius 2 is 1.77 bits per heavy atom. The van der Waals surface area contributed by atoms with E-state index >= 15 is 0 Å². The number of nitrogens with one attached hydrogen (secondary N) is 1. The lowest BCUT2D eigenvalue weighted by atomic mass is 9.77. The van der Waals surface area contributed by atoms with Gasteiger partial charge >= 0.3 is 0 Å². The third-order valence-electron chi connectivity index (χ3n) is 6.33. The Morgan fingerprint density at radius 1 is 1.10 bits per heavy atom. The molecule has 1 amide bonds. The summed E-state index contributed by atoms with van der Waals surface area (Å²) in [7, 11) is 0. The van der Waals surface area contributed by atoms with Gasteiger partial charge in [0.1, 0.15) is 5.82 Å². The SMILES string of the molecule is CCNc1nc(C)cc(N2CCN(C(=O)C3(c4ccc(Cl)cc4)CCCC3)CC2)n1. The number of aromatic nitrogens is 2. The Balaban J connectivity index is 1.48. The van der Waals surface area contributed by atoms with Crippen molar-refractivity contribution in [3.8, 4) is 0 Å². The van der Waals surface area contributed by atoms with Crippen LogP contribution in [-0.4, -0.2) is 53.5 Å². The molecule has 30 heavy (non-hydrogen) atoms. The van der Waals surface area contributed by atoms with Gasteiger partial charge < -0.3 is 15.1 Å². The van der Waals surface area contributed by atoms with E-state index in [0.29, 0.717) is 24.1 Å². The highest BCUT2D eigenvalue weighted by Gasteiger charge is 2.45. The van der Waals surface area contributed by atoms with Crippen LogP contribution in [0.1, 0.15) is 43.9 Å². The smallest absolute Gasteiger partial charge is 0.233 e. The molecule has 1 aliphatic carbocycles. The van der Waals surface area contributed by atoms with Gasteiger partial charge in [-0.2, -0.15) is 4.98 Å². The maximum atomic E-state index is 13.7. The predicted octanol–water partition coefficient (Wildman–Crippen LogP) is 4.03. The van der Waals surface area contributed by atoms with Crippen molar-refractivity contribution in [2.45, 2.75) is 44.9 Å². The molecule has 2 aromatic rings. The first-order valence-corrected chi connectivity index (χ1v) is 11.3. The first kappa shape index (κ1) is 20.9. The van der Waals surface area contributed by atoms with Crippen molar-refractivity contribution < 1.29 is 4.79 Å². The Labute approximate surface area is 183 Å². The fraction of sp³-hybridized carbons (Fsp3) is 0.522. The van der Waals surface area contributed by atoms with Gasteiger partial charge in [-0.25, -0.2) is 4.98 Å². The zero-order valence-electron chi connectivity index (χ0n) is 17.8. The number of hydrogen-bond acceptors (Lipinski definition) is 5. The molecule has 1 N–H and O–H groups in total. The van der Waals surface area contributed by atoms with Crippen molar-refractivity contribution in [2.24, 2.45) is 0 Å². The summed E-state index contributed by atoms with van der Waals surface area (Å²) in [6.07, 6.45) is 4.04. The van der Waals surface area contributed by atoms with E-state index in [-0.39, 0.29) is 5.91 Å². The van der Waals surface area contributed by atoms with Crippen LogP contribution in [0.4, 0.5) is 11.8 Å². The summed E-state index contributed by atoms with van der Waals surface area (Å²) in [5.41, 5.74) is 1.66. The monoisotopic (exact) mass is 427 g/mol. The van der Waals surface area contributed by atoms with E-state index in [9.17, 15) is 4.79 Å². The largest absolute Gasteiger partial charge is 0.354 e. The number of hydrogen-bond donors (Lipinski definition) is 1. The Morgan fingerprint density at radius 3 is 2.40 bits per heavy atom. The van der Waals surface area contributed by atoms with Crippen LogP contribution in [0.15, 0.2) is 30.3 Å². The lowest BCUT2D eigenvalue weighted by Gasteiger charge is -2.40. The van der Waals surface area contributed by atoms with Crippen LogP contribution in [0, 0.1) is 6.92 Å². The molecule has 0 spiro atoms. The normalized spacial score (nSPS) is 18.5. The summed E-state index contributed by atoms with van der Waals surface area (Å²) in [5, 5.41) is 3.91. The van der Waals surface area contributed by atoms with Crippen molar-refractivity contribution in [3.63, 3.8) is 0 Å². The molecule has 1 aromatic heterocycles. The lowest BCUT2D eigenvalue weighted by Crippen LogP contribution is -2.54. The van der Waals surface area contributed by atoms with Crippen LogP contribution in [0.3, 0.4) is 0 Å². The number of anilines is 2. The van der Waals surface area contributed by atoms with Crippen LogP contribution in [0.2, 0.25) is 5.02 Å². The maximum Gasteiger partial charge on any atom is 0.233 e. The number of rotatable bonds is 5. The van der Waals surface area contributed by atoms with Gasteiger partial charge in [0.15, 0.2) is 0 Å². The molecule has 0 atom stereocenters. The Bertz CT molecular complexity index is 887. The molecular formula is C23H30ClN5O. The number of piperazine rings is 1. The van der Waals surface area contributed by atoms with Gasteiger partial charge in [0.05, 0.1) is 5.41 Å². The summed E-state index contributed by atoms with van der Waals surface area (Å²) in [6.45, 7) is 7.81. The topological polar surface area (TPSA) is 61.4 Å². The lowest BCUT2D eigenvalue weighted by molar-refractivity contribution is -0.137. The summed E-state index contributed by atoms with van der Waals surface area (Å²) in [6, 6.07) is 9.90. The number of carbonyl (C=O) groups excluding carboxylic acids is 1. The molecule has 2 heterocycles. The van der Waals surface area contributed by atoms with Gasteiger partial charge in [-0.1, -0.05) is 36.6 Å². The first-order chi connectivity index (χ1) is 14.5. The van der Waals surface area contributed by atoms with Crippen molar-refractivity contribution in [2.75, 3.05) is 42.9 Å². The van der Waals surface area contributed by atoms with Crippen molar-refractivity contribution in [1.29, 1.82) is 0 Å². The van der Waals surface area contributed by atoms with Gasteiger partial charge in [-0.3, -0.25) is 4.79 Å². The number of aryl methyl sites for hydroxylation is 1. The Hall–Kier alpha value is -2.34. The molecular weight excluding hydrogens is 398 g/mol. The minimum absolute atomic E-state index is 0.272. The molecule has 7 heteroatoms. The number of amides is 1. The average molecular weight is 428 g/mol. The standard InChI is InChI=1S/C23H30ClN5O/c1-3-25-22-26-17(2)16-20(27-22)28-12-14-29(15-13-28)21(30)23(10-4-5-11-23)18-6-8-19(24)9-7-18/h6-9,16H,3-5,10-15H2,1-2H3,(H,25,26,27). The molecule has 2 aliphatic rings. The third-order valence-corrected chi connectivity index (χ3v) is 6.58. The van der Waals surface area contributed by atoms with Crippen molar-refractivity contribution in [1.82, 2.24) is 14.9 Å². The minimum Gasteiger partial charge on any atom is -0.354 e. The van der Waals surface area contributed by atoms with E-state index < -0.39 is 5.41 Å². The molecule has 2 fully saturated rings. The molecule has 1 aliphatic heterocycles. The highest BCUT2D eigenvalue weighted by atomic mass is 35.5. The molecule has 160 valence electrons. The van der Waals surface area contributed by atoms with Crippen LogP contribution in [0.25, 0.3) is 0 Å². The molecule has 0 radical (unpaired) electrons. The summed E-state index contributed by atoms with van der Waals surface area (Å²) < 4.78 is 0. The van der Waals surface area contributed by atoms with Gasteiger partial charge in [0.25, 0.3) is 0 Å². The molecule has 1 saturated heterocycles. The number of halogens is 1. The average Bonchev–Trinajstić information content (AvgIpc) is 3.25. The minimum atomic E-state index is -0.392. The first-order valence-electron chi connectivity index (χ1n) is 10.9. The number of benzene rings is 1. The third kappa shape index (κ3) is 4.10. The quantitative estimate of drug-likeness (QED) is 0.780. The van der Waals surface area contributed by atoms with Gasteiger partial charge in [0, 0.05) is 49.5 Å². The molecule has 1 aromatic carbocycles. The summed E-state index contributed by atoms with van der Waals surface area (Å²) in [5.74, 6) is 1.87. The predicted molar refractivity (Wildman–Crippen MR) is 121 cm³/mol. The molecule has 4 rings (SSSR count). The second kappa shape index (κ2) is 8.80. The zero-order chi connectivity index (χ0) is 21.1. The molecule has 1 saturated carbocycles. The van der Waals surface area contributed by atoms with Crippen molar-refractivity contribution >= 4 is 29.3 Å². The summed E-state index contributed by atoms with van der Waals surface area (Å²) >= 11 is 6.09.